The fourth-order valence-electron chi connectivity index (χ4n) is 6.99. The number of hydrogen-bond donors (Lipinski definition) is 2. The van der Waals surface area contributed by atoms with E-state index in [0.29, 0.717) is 68.3 Å². The van der Waals surface area contributed by atoms with Gasteiger partial charge in [0, 0.05) is 17.9 Å². The van der Waals surface area contributed by atoms with Crippen molar-refractivity contribution in [3.63, 3.8) is 0 Å². The Kier molecular flexibility index (Phi) is 7.67. The van der Waals surface area contributed by atoms with Crippen molar-refractivity contribution < 1.29 is 37.1 Å². The van der Waals surface area contributed by atoms with Gasteiger partial charge < -0.3 is 10.4 Å². The van der Waals surface area contributed by atoms with Crippen LogP contribution in [0.5, 0.6) is 0 Å². The minimum Gasteiger partial charge on any atom is -0.481 e. The number of benzene rings is 1. The second-order valence-corrected chi connectivity index (χ2v) is 12.7. The van der Waals surface area contributed by atoms with Gasteiger partial charge in [0.1, 0.15) is 6.17 Å². The molecular weight excluding hydrogens is 590 g/mol. The highest BCUT2D eigenvalue weighted by atomic mass is 35.5. The smallest absolute Gasteiger partial charge is 0.398 e. The monoisotopic (exact) mass is 621 g/mol. The standard InChI is InChI=1S/C31H32ClF4N3O4/c32-21-4-1-3-20(30(13-14-30)31(34,35)36)25(21)28(41)39-24-15-18(27(40)37-23-6-2-5-22(23)33)11-12-19(24)26(38-39)16-7-9-17(10-8-16)29(42)43/h1,3-4,7,17-18,22-23H,2,5-6,8-15H2,(H,37,40)(H,42,43)/t17?,18?,22-,23+/m1/s1. The van der Waals surface area contributed by atoms with Gasteiger partial charge in [0.25, 0.3) is 5.91 Å². The number of halogens is 5. The number of carbonyl (C=O) groups is 3. The molecule has 4 atom stereocenters. The summed E-state index contributed by atoms with van der Waals surface area (Å²) in [7, 11) is 0. The lowest BCUT2D eigenvalue weighted by atomic mass is 9.82. The Hall–Kier alpha value is -3.21. The van der Waals surface area contributed by atoms with E-state index in [0.717, 1.165) is 10.3 Å². The normalized spacial score (nSPS) is 26.4. The van der Waals surface area contributed by atoms with E-state index in [-0.39, 0.29) is 41.3 Å². The topological polar surface area (TPSA) is 101 Å². The Bertz CT molecular complexity index is 1510. The number of hydrogen-bond acceptors (Lipinski definition) is 4. The highest BCUT2D eigenvalue weighted by Gasteiger charge is 2.65. The molecule has 12 heteroatoms. The minimum absolute atomic E-state index is 0.0960. The number of aromatic nitrogens is 2. The number of aliphatic carboxylic acids is 1. The molecular formula is C31H32ClF4N3O4. The summed E-state index contributed by atoms with van der Waals surface area (Å²) < 4.78 is 58.0. The van der Waals surface area contributed by atoms with Crippen LogP contribution in [0.1, 0.15) is 90.7 Å². The highest BCUT2D eigenvalue weighted by Crippen LogP contribution is 2.60. The van der Waals surface area contributed by atoms with Gasteiger partial charge in [0.2, 0.25) is 5.91 Å². The number of carbonyl (C=O) groups excluding carboxylic acids is 2. The second-order valence-electron chi connectivity index (χ2n) is 12.3. The lowest BCUT2D eigenvalue weighted by molar-refractivity contribution is -0.160. The van der Waals surface area contributed by atoms with E-state index < -0.39 is 47.5 Å². The van der Waals surface area contributed by atoms with Gasteiger partial charge in [-0.2, -0.15) is 23.0 Å². The number of nitrogens with zero attached hydrogens (tertiary/aromatic N) is 2. The maximum atomic E-state index is 14.3. The summed E-state index contributed by atoms with van der Waals surface area (Å²) in [6.45, 7) is 0. The van der Waals surface area contributed by atoms with Gasteiger partial charge in [-0.25, -0.2) is 4.39 Å². The molecule has 6 rings (SSSR count). The summed E-state index contributed by atoms with van der Waals surface area (Å²) in [6.07, 6.45) is -0.602. The zero-order valence-corrected chi connectivity index (χ0v) is 24.1. The van der Waals surface area contributed by atoms with Gasteiger partial charge in [-0.1, -0.05) is 29.8 Å². The Morgan fingerprint density at radius 3 is 2.42 bits per heavy atom. The van der Waals surface area contributed by atoms with Gasteiger partial charge in [0.05, 0.1) is 39.3 Å². The van der Waals surface area contributed by atoms with Crippen molar-refractivity contribution in [2.24, 2.45) is 11.8 Å². The molecule has 230 valence electrons. The Morgan fingerprint density at radius 2 is 1.81 bits per heavy atom. The molecule has 1 amide bonds. The van der Waals surface area contributed by atoms with E-state index in [1.165, 1.54) is 18.2 Å². The van der Waals surface area contributed by atoms with Gasteiger partial charge in [-0.3, -0.25) is 14.4 Å². The average Bonchev–Trinajstić information content (AvgIpc) is 3.59. The Morgan fingerprint density at radius 1 is 1.07 bits per heavy atom. The summed E-state index contributed by atoms with van der Waals surface area (Å²) in [4.78, 5) is 38.9. The van der Waals surface area contributed by atoms with Gasteiger partial charge in [-0.05, 0) is 81.4 Å². The molecule has 2 saturated carbocycles. The van der Waals surface area contributed by atoms with Crippen molar-refractivity contribution in [2.75, 3.05) is 0 Å². The molecule has 0 spiro atoms. The summed E-state index contributed by atoms with van der Waals surface area (Å²) in [6, 6.07) is 3.51. The van der Waals surface area contributed by atoms with Gasteiger partial charge >= 0.3 is 12.1 Å². The highest BCUT2D eigenvalue weighted by molar-refractivity contribution is 6.34. The molecule has 4 aliphatic rings. The molecule has 0 radical (unpaired) electrons. The van der Waals surface area contributed by atoms with E-state index in [1.807, 2.05) is 0 Å². The van der Waals surface area contributed by atoms with Crippen molar-refractivity contribution in [1.29, 1.82) is 0 Å². The van der Waals surface area contributed by atoms with Crippen LogP contribution in [0.15, 0.2) is 24.3 Å². The van der Waals surface area contributed by atoms with Crippen LogP contribution in [-0.2, 0) is 27.8 Å². The van der Waals surface area contributed by atoms with Crippen LogP contribution >= 0.6 is 11.6 Å². The molecule has 0 bridgehead atoms. The maximum Gasteiger partial charge on any atom is 0.398 e. The number of carboxylic acids is 1. The molecule has 0 saturated heterocycles. The van der Waals surface area contributed by atoms with E-state index >= 15 is 0 Å². The fraction of sp³-hybridized carbons (Fsp3) is 0.548. The number of carboxylic acid groups (broad SMARTS) is 1. The fourth-order valence-corrected chi connectivity index (χ4v) is 7.24. The number of amides is 1. The Balaban J connectivity index is 1.40. The summed E-state index contributed by atoms with van der Waals surface area (Å²) in [5.74, 6) is -3.14. The van der Waals surface area contributed by atoms with E-state index in [4.69, 9.17) is 11.6 Å². The first-order chi connectivity index (χ1) is 20.4. The van der Waals surface area contributed by atoms with Crippen LogP contribution in [-0.4, -0.2) is 51.1 Å². The molecule has 2 fully saturated rings. The van der Waals surface area contributed by atoms with Crippen molar-refractivity contribution in [3.8, 4) is 0 Å². The number of fused-ring (bicyclic) bond motifs is 1. The lowest BCUT2D eigenvalue weighted by Gasteiger charge is -2.26. The third kappa shape index (κ3) is 5.27. The maximum absolute atomic E-state index is 14.3. The molecule has 1 aromatic heterocycles. The molecule has 7 nitrogen and oxygen atoms in total. The van der Waals surface area contributed by atoms with Crippen molar-refractivity contribution in [1.82, 2.24) is 15.1 Å². The quantitative estimate of drug-likeness (QED) is 0.374. The third-order valence-corrected chi connectivity index (χ3v) is 10.0. The second kappa shape index (κ2) is 11.1. The van der Waals surface area contributed by atoms with Crippen LogP contribution in [0.3, 0.4) is 0 Å². The predicted molar refractivity (Wildman–Crippen MR) is 150 cm³/mol. The van der Waals surface area contributed by atoms with Crippen molar-refractivity contribution in [2.45, 2.75) is 94.4 Å². The predicted octanol–water partition coefficient (Wildman–Crippen LogP) is 6.20. The number of nitrogens with one attached hydrogen (secondary N) is 1. The van der Waals surface area contributed by atoms with E-state index in [9.17, 15) is 37.1 Å². The van der Waals surface area contributed by atoms with E-state index in [2.05, 4.69) is 10.4 Å². The lowest BCUT2D eigenvalue weighted by Crippen LogP contribution is -2.43. The molecule has 2 unspecified atom stereocenters. The first kappa shape index (κ1) is 29.8. The van der Waals surface area contributed by atoms with Gasteiger partial charge in [-0.15, -0.1) is 0 Å². The molecule has 2 N–H and O–H groups in total. The SMILES string of the molecule is O=C(O)C1CC=C(c2nn(C(=O)c3c(Cl)cccc3C3(C(F)(F)F)CC3)c3c2CCC(C(=O)N[C@H]2CCC[C@H]2F)C3)CC1. The zero-order valence-electron chi connectivity index (χ0n) is 23.4. The Labute approximate surface area is 250 Å². The summed E-state index contributed by atoms with van der Waals surface area (Å²) in [5.41, 5.74) is -0.227. The molecule has 1 aromatic carbocycles. The number of alkyl halides is 4. The van der Waals surface area contributed by atoms with Crippen LogP contribution < -0.4 is 5.32 Å². The van der Waals surface area contributed by atoms with Crippen molar-refractivity contribution in [3.05, 3.63) is 57.4 Å². The number of rotatable bonds is 6. The third-order valence-electron chi connectivity index (χ3n) is 9.69. The van der Waals surface area contributed by atoms with Crippen LogP contribution in [0.4, 0.5) is 17.6 Å². The first-order valence-corrected chi connectivity index (χ1v) is 15.2. The molecule has 4 aliphatic carbocycles. The van der Waals surface area contributed by atoms with Crippen molar-refractivity contribution >= 4 is 35.0 Å². The number of allylic oxidation sites excluding steroid dienone is 2. The molecule has 1 heterocycles. The van der Waals surface area contributed by atoms with Crippen LogP contribution in [0.25, 0.3) is 5.57 Å². The molecule has 43 heavy (non-hydrogen) atoms. The largest absolute Gasteiger partial charge is 0.481 e. The summed E-state index contributed by atoms with van der Waals surface area (Å²) in [5, 5.41) is 16.8. The molecule has 2 aromatic rings. The van der Waals surface area contributed by atoms with Gasteiger partial charge in [0.15, 0.2) is 0 Å². The molecule has 0 aliphatic heterocycles. The zero-order chi connectivity index (χ0) is 30.7. The summed E-state index contributed by atoms with van der Waals surface area (Å²) >= 11 is 6.43. The van der Waals surface area contributed by atoms with Crippen LogP contribution in [0.2, 0.25) is 5.02 Å². The van der Waals surface area contributed by atoms with Crippen LogP contribution in [0, 0.1) is 11.8 Å². The first-order valence-electron chi connectivity index (χ1n) is 14.8. The average molecular weight is 622 g/mol. The van der Waals surface area contributed by atoms with E-state index in [1.54, 1.807) is 6.08 Å². The minimum atomic E-state index is -4.58.